The molecule has 2 rings (SSSR count). The quantitative estimate of drug-likeness (QED) is 0.657. The second-order valence-electron chi connectivity index (χ2n) is 5.22. The average Bonchev–Trinajstić information content (AvgIpc) is 2.46. The largest absolute Gasteiger partial charge is 0.405 e. The van der Waals surface area contributed by atoms with E-state index in [9.17, 15) is 31.7 Å². The fourth-order valence-corrected chi connectivity index (χ4v) is 4.13. The van der Waals surface area contributed by atoms with Crippen LogP contribution in [0.1, 0.15) is 12.8 Å². The van der Waals surface area contributed by atoms with Crippen molar-refractivity contribution in [2.45, 2.75) is 36.0 Å². The van der Waals surface area contributed by atoms with Crippen molar-refractivity contribution < 1.29 is 26.5 Å². The van der Waals surface area contributed by atoms with Gasteiger partial charge in [0.2, 0.25) is 10.0 Å². The Hall–Kier alpha value is -1.72. The van der Waals surface area contributed by atoms with Crippen molar-refractivity contribution in [2.75, 3.05) is 6.54 Å². The van der Waals surface area contributed by atoms with Crippen molar-refractivity contribution in [2.24, 2.45) is 5.73 Å². The van der Waals surface area contributed by atoms with E-state index in [4.69, 9.17) is 5.73 Å². The van der Waals surface area contributed by atoms with Crippen LogP contribution in [0.15, 0.2) is 29.2 Å². The van der Waals surface area contributed by atoms with Crippen LogP contribution in [0, 0.1) is 10.1 Å². The van der Waals surface area contributed by atoms with Gasteiger partial charge in [-0.2, -0.15) is 17.5 Å². The van der Waals surface area contributed by atoms with Gasteiger partial charge in [0.1, 0.15) is 6.04 Å². The highest BCUT2D eigenvalue weighted by molar-refractivity contribution is 7.89. The summed E-state index contributed by atoms with van der Waals surface area (Å²) in [5.41, 5.74) is 5.25. The smallest absolute Gasteiger partial charge is 0.327 e. The molecule has 2 atom stereocenters. The molecule has 1 aliphatic rings. The third-order valence-electron chi connectivity index (χ3n) is 3.60. The van der Waals surface area contributed by atoms with E-state index in [1.807, 2.05) is 0 Å². The fourth-order valence-electron chi connectivity index (χ4n) is 2.43. The molecule has 1 saturated heterocycles. The molecule has 1 heterocycles. The molecule has 11 heteroatoms. The number of piperidine rings is 1. The number of alkyl halides is 3. The van der Waals surface area contributed by atoms with Crippen molar-refractivity contribution in [3.63, 3.8) is 0 Å². The van der Waals surface area contributed by atoms with Crippen LogP contribution in [0.2, 0.25) is 0 Å². The second-order valence-corrected chi connectivity index (χ2v) is 7.11. The maximum atomic E-state index is 13.1. The first-order valence-corrected chi connectivity index (χ1v) is 8.06. The van der Waals surface area contributed by atoms with Crippen LogP contribution in [-0.4, -0.2) is 42.5 Å². The number of nitrogens with zero attached hydrogens (tertiary/aromatic N) is 2. The summed E-state index contributed by atoms with van der Waals surface area (Å²) in [7, 11) is -4.46. The number of hydrogen-bond donors (Lipinski definition) is 1. The lowest BCUT2D eigenvalue weighted by Crippen LogP contribution is -2.56. The normalized spacial score (nSPS) is 23.7. The molecular weight excluding hydrogens is 339 g/mol. The molecule has 1 aliphatic heterocycles. The number of hydrogen-bond acceptors (Lipinski definition) is 5. The molecule has 2 N–H and O–H groups in total. The Morgan fingerprint density at radius 1 is 1.22 bits per heavy atom. The van der Waals surface area contributed by atoms with Gasteiger partial charge in [0.05, 0.1) is 9.82 Å². The lowest BCUT2D eigenvalue weighted by molar-refractivity contribution is -0.384. The van der Waals surface area contributed by atoms with Crippen LogP contribution in [0.4, 0.5) is 18.9 Å². The van der Waals surface area contributed by atoms with Crippen molar-refractivity contribution in [1.82, 2.24) is 4.31 Å². The van der Waals surface area contributed by atoms with Gasteiger partial charge in [0.25, 0.3) is 5.69 Å². The van der Waals surface area contributed by atoms with Gasteiger partial charge in [0, 0.05) is 24.7 Å². The van der Waals surface area contributed by atoms with E-state index in [0.29, 0.717) is 4.31 Å². The van der Waals surface area contributed by atoms with Crippen molar-refractivity contribution in [1.29, 1.82) is 0 Å². The highest BCUT2D eigenvalue weighted by atomic mass is 32.2. The predicted molar refractivity (Wildman–Crippen MR) is 74.0 cm³/mol. The fraction of sp³-hybridized carbons (Fsp3) is 0.500. The standard InChI is InChI=1S/C12H14F3N3O4S/c13-12(14,15)11-6-1-8(16)7-17(11)23(21,22)10-4-2-9(3-5-10)18(19)20/h2-5,8,11H,1,6-7,16H2/t8-,11-/m1/s1. The highest BCUT2D eigenvalue weighted by Crippen LogP contribution is 2.35. The number of nitro groups is 1. The third-order valence-corrected chi connectivity index (χ3v) is 5.49. The van der Waals surface area contributed by atoms with Crippen LogP contribution < -0.4 is 5.73 Å². The molecule has 0 spiro atoms. The first kappa shape index (κ1) is 17.6. The van der Waals surface area contributed by atoms with E-state index in [2.05, 4.69) is 0 Å². The van der Waals surface area contributed by atoms with E-state index in [0.717, 1.165) is 24.3 Å². The van der Waals surface area contributed by atoms with Crippen LogP contribution in [-0.2, 0) is 10.0 Å². The Balaban J connectivity index is 2.40. The van der Waals surface area contributed by atoms with E-state index in [1.165, 1.54) is 0 Å². The number of non-ortho nitro benzene ring substituents is 1. The summed E-state index contributed by atoms with van der Waals surface area (Å²) in [6.07, 6.45) is -5.07. The first-order valence-electron chi connectivity index (χ1n) is 6.62. The molecule has 0 amide bonds. The Bertz CT molecular complexity index is 690. The van der Waals surface area contributed by atoms with Crippen molar-refractivity contribution >= 4 is 15.7 Å². The summed E-state index contributed by atoms with van der Waals surface area (Å²) in [6.45, 7) is -0.455. The summed E-state index contributed by atoms with van der Waals surface area (Å²) >= 11 is 0. The lowest BCUT2D eigenvalue weighted by atomic mass is 10.0. The van der Waals surface area contributed by atoms with Gasteiger partial charge < -0.3 is 5.73 Å². The Kier molecular flexibility index (Phi) is 4.64. The molecule has 0 radical (unpaired) electrons. The zero-order chi connectivity index (χ0) is 17.4. The summed E-state index contributed by atoms with van der Waals surface area (Å²) in [6, 6.07) is 0.852. The van der Waals surface area contributed by atoms with Gasteiger partial charge in [-0.05, 0) is 25.0 Å². The molecule has 1 fully saturated rings. The summed E-state index contributed by atoms with van der Waals surface area (Å²) in [5, 5.41) is 10.6. The third kappa shape index (κ3) is 3.62. The van der Waals surface area contributed by atoms with Crippen LogP contribution in [0.3, 0.4) is 0 Å². The van der Waals surface area contributed by atoms with Gasteiger partial charge >= 0.3 is 6.18 Å². The molecule has 23 heavy (non-hydrogen) atoms. The maximum Gasteiger partial charge on any atom is 0.405 e. The molecule has 1 aromatic carbocycles. The molecule has 0 bridgehead atoms. The Morgan fingerprint density at radius 3 is 2.26 bits per heavy atom. The van der Waals surface area contributed by atoms with E-state index in [-0.39, 0.29) is 12.1 Å². The van der Waals surface area contributed by atoms with Crippen LogP contribution in [0.5, 0.6) is 0 Å². The molecule has 1 aromatic rings. The minimum Gasteiger partial charge on any atom is -0.327 e. The molecule has 0 aromatic heterocycles. The van der Waals surface area contributed by atoms with Gasteiger partial charge in [-0.25, -0.2) is 8.42 Å². The first-order chi connectivity index (χ1) is 10.5. The summed E-state index contributed by atoms with van der Waals surface area (Å²) in [5.74, 6) is 0. The minimum atomic E-state index is -4.71. The number of halogens is 3. The molecule has 128 valence electrons. The topological polar surface area (TPSA) is 107 Å². The van der Waals surface area contributed by atoms with Gasteiger partial charge in [-0.3, -0.25) is 10.1 Å². The number of sulfonamides is 1. The van der Waals surface area contributed by atoms with Gasteiger partial charge in [-0.1, -0.05) is 0 Å². The Labute approximate surface area is 130 Å². The molecular formula is C12H14F3N3O4S. The minimum absolute atomic E-state index is 0.0659. The molecule has 7 nitrogen and oxygen atoms in total. The average molecular weight is 353 g/mol. The van der Waals surface area contributed by atoms with Crippen molar-refractivity contribution in [3.8, 4) is 0 Å². The maximum absolute atomic E-state index is 13.1. The van der Waals surface area contributed by atoms with Gasteiger partial charge in [0.15, 0.2) is 0 Å². The zero-order valence-electron chi connectivity index (χ0n) is 11.7. The molecule has 0 saturated carbocycles. The summed E-state index contributed by atoms with van der Waals surface area (Å²) < 4.78 is 64.6. The van der Waals surface area contributed by atoms with Gasteiger partial charge in [-0.15, -0.1) is 0 Å². The predicted octanol–water partition coefficient (Wildman–Crippen LogP) is 1.64. The number of rotatable bonds is 3. The van der Waals surface area contributed by atoms with Crippen LogP contribution in [0.25, 0.3) is 0 Å². The summed E-state index contributed by atoms with van der Waals surface area (Å²) in [4.78, 5) is 9.40. The van der Waals surface area contributed by atoms with E-state index in [1.54, 1.807) is 0 Å². The molecule has 0 unspecified atom stereocenters. The molecule has 0 aliphatic carbocycles. The van der Waals surface area contributed by atoms with Crippen LogP contribution >= 0.6 is 0 Å². The SMILES string of the molecule is N[C@@H]1CC[C@H](C(F)(F)F)N(S(=O)(=O)c2ccc([N+](=O)[O-])cc2)C1. The second kappa shape index (κ2) is 6.06. The van der Waals surface area contributed by atoms with E-state index >= 15 is 0 Å². The number of nitrogens with two attached hydrogens (primary N) is 1. The Morgan fingerprint density at radius 2 is 1.78 bits per heavy atom. The zero-order valence-corrected chi connectivity index (χ0v) is 12.5. The lowest BCUT2D eigenvalue weighted by Gasteiger charge is -2.38. The highest BCUT2D eigenvalue weighted by Gasteiger charge is 2.50. The number of benzene rings is 1. The van der Waals surface area contributed by atoms with E-state index < -0.39 is 51.1 Å². The monoisotopic (exact) mass is 353 g/mol. The number of nitro benzene ring substituents is 1. The van der Waals surface area contributed by atoms with Crippen molar-refractivity contribution in [3.05, 3.63) is 34.4 Å².